The molecule has 2 N–H and O–H groups in total. The van der Waals surface area contributed by atoms with Crippen molar-refractivity contribution in [3.63, 3.8) is 0 Å². The third-order valence-electron chi connectivity index (χ3n) is 3.75. The number of carbonyl (C=O) groups excluding carboxylic acids is 1. The fraction of sp³-hybridized carbons (Fsp3) is 0.176. The van der Waals surface area contributed by atoms with E-state index in [9.17, 15) is 9.18 Å². The van der Waals surface area contributed by atoms with Gasteiger partial charge < -0.3 is 14.6 Å². The largest absolute Gasteiger partial charge is 0.496 e. The van der Waals surface area contributed by atoms with Crippen molar-refractivity contribution in [1.82, 2.24) is 14.3 Å². The van der Waals surface area contributed by atoms with Gasteiger partial charge in [0.05, 0.1) is 28.7 Å². The van der Waals surface area contributed by atoms with E-state index in [1.54, 1.807) is 6.07 Å². The summed E-state index contributed by atoms with van der Waals surface area (Å²) in [5.41, 5.74) is 2.28. The number of para-hydroxylation sites is 1. The van der Waals surface area contributed by atoms with Gasteiger partial charge in [-0.05, 0) is 49.2 Å². The number of nitrogens with one attached hydrogen (secondary N) is 2. The van der Waals surface area contributed by atoms with Gasteiger partial charge in [-0.2, -0.15) is 0 Å². The van der Waals surface area contributed by atoms with E-state index in [4.69, 9.17) is 4.74 Å². The molecule has 25 heavy (non-hydrogen) atoms. The Hall–Kier alpha value is -2.74. The van der Waals surface area contributed by atoms with Gasteiger partial charge in [-0.3, -0.25) is 4.72 Å². The van der Waals surface area contributed by atoms with Gasteiger partial charge in [0, 0.05) is 7.05 Å². The fourth-order valence-electron chi connectivity index (χ4n) is 2.47. The summed E-state index contributed by atoms with van der Waals surface area (Å²) in [6.07, 6.45) is 0. The lowest BCUT2D eigenvalue weighted by Crippen LogP contribution is -2.23. The van der Waals surface area contributed by atoms with Crippen molar-refractivity contribution in [3.8, 4) is 5.75 Å². The molecule has 0 unspecified atom stereocenters. The molecule has 6 nitrogen and oxygen atoms in total. The molecule has 0 aliphatic heterocycles. The standard InChI is InChI=1S/C17H17FN4O2S/c1-10-19-12-5-4-6-13(16(12)22(10)2)20-17(23)21-25-15-9-11(18)7-8-14(15)24-3/h4-9H,1-3H3,(H2,20,21,23). The normalized spacial score (nSPS) is 10.7. The van der Waals surface area contributed by atoms with Crippen LogP contribution in [-0.4, -0.2) is 22.7 Å². The lowest BCUT2D eigenvalue weighted by Gasteiger charge is -2.11. The SMILES string of the molecule is COc1ccc(F)cc1SNC(=O)Nc1cccc2nc(C)n(C)c12. The molecule has 1 heterocycles. The Bertz CT molecular complexity index is 942. The van der Waals surface area contributed by atoms with Crippen LogP contribution in [0, 0.1) is 12.7 Å². The average molecular weight is 360 g/mol. The topological polar surface area (TPSA) is 68.2 Å². The molecular formula is C17H17FN4O2S. The minimum atomic E-state index is -0.428. The average Bonchev–Trinajstić information content (AvgIpc) is 2.88. The highest BCUT2D eigenvalue weighted by atomic mass is 32.2. The Morgan fingerprint density at radius 3 is 2.88 bits per heavy atom. The molecule has 2 amide bonds. The Morgan fingerprint density at radius 1 is 1.32 bits per heavy atom. The van der Waals surface area contributed by atoms with Gasteiger partial charge in [0.2, 0.25) is 0 Å². The van der Waals surface area contributed by atoms with E-state index in [0.29, 0.717) is 16.3 Å². The van der Waals surface area contributed by atoms with Gasteiger partial charge in [-0.1, -0.05) is 6.07 Å². The van der Waals surface area contributed by atoms with Crippen molar-refractivity contribution in [2.24, 2.45) is 7.05 Å². The second kappa shape index (κ2) is 7.02. The molecule has 1 aromatic heterocycles. The molecule has 130 valence electrons. The number of hydrogen-bond donors (Lipinski definition) is 2. The number of fused-ring (bicyclic) bond motifs is 1. The lowest BCUT2D eigenvalue weighted by atomic mass is 10.2. The van der Waals surface area contributed by atoms with Crippen molar-refractivity contribution in [1.29, 1.82) is 0 Å². The first-order chi connectivity index (χ1) is 12.0. The summed E-state index contributed by atoms with van der Waals surface area (Å²) in [5.74, 6) is 0.931. The summed E-state index contributed by atoms with van der Waals surface area (Å²) >= 11 is 0.978. The van der Waals surface area contributed by atoms with Crippen molar-refractivity contribution in [3.05, 3.63) is 48.0 Å². The number of methoxy groups -OCH3 is 1. The molecule has 0 aliphatic rings. The molecule has 0 atom stereocenters. The third kappa shape index (κ3) is 3.53. The number of rotatable bonds is 4. The maximum absolute atomic E-state index is 13.4. The molecule has 0 spiro atoms. The summed E-state index contributed by atoms with van der Waals surface area (Å²) in [7, 11) is 3.38. The van der Waals surface area contributed by atoms with Crippen LogP contribution in [0.2, 0.25) is 0 Å². The minimum absolute atomic E-state index is 0.402. The molecule has 0 bridgehead atoms. The monoisotopic (exact) mass is 360 g/mol. The van der Waals surface area contributed by atoms with Crippen LogP contribution in [0.15, 0.2) is 41.3 Å². The molecule has 2 aromatic carbocycles. The van der Waals surface area contributed by atoms with Crippen LogP contribution in [0.25, 0.3) is 11.0 Å². The molecule has 0 fully saturated rings. The van der Waals surface area contributed by atoms with Crippen LogP contribution < -0.4 is 14.8 Å². The van der Waals surface area contributed by atoms with Gasteiger partial charge >= 0.3 is 6.03 Å². The first-order valence-electron chi connectivity index (χ1n) is 7.49. The van der Waals surface area contributed by atoms with E-state index in [1.807, 2.05) is 30.7 Å². The highest BCUT2D eigenvalue weighted by Crippen LogP contribution is 2.28. The number of hydrogen-bond acceptors (Lipinski definition) is 4. The number of benzene rings is 2. The quantitative estimate of drug-likeness (QED) is 0.693. The lowest BCUT2D eigenvalue weighted by molar-refractivity contribution is 0.257. The predicted molar refractivity (Wildman–Crippen MR) is 96.4 cm³/mol. The Balaban J connectivity index is 1.75. The van der Waals surface area contributed by atoms with Crippen molar-refractivity contribution >= 4 is 34.7 Å². The molecule has 3 rings (SSSR count). The van der Waals surface area contributed by atoms with Gasteiger partial charge in [0.15, 0.2) is 0 Å². The van der Waals surface area contributed by atoms with Gasteiger partial charge in [-0.25, -0.2) is 14.2 Å². The summed E-state index contributed by atoms with van der Waals surface area (Å²) in [4.78, 5) is 17.1. The number of nitrogens with zero attached hydrogens (tertiary/aromatic N) is 2. The van der Waals surface area contributed by atoms with Crippen LogP contribution >= 0.6 is 11.9 Å². The molecule has 3 aromatic rings. The first-order valence-corrected chi connectivity index (χ1v) is 8.30. The van der Waals surface area contributed by atoms with E-state index in [-0.39, 0.29) is 0 Å². The second-order valence-corrected chi connectivity index (χ2v) is 6.19. The van der Waals surface area contributed by atoms with E-state index in [0.717, 1.165) is 28.8 Å². The number of ether oxygens (including phenoxy) is 1. The van der Waals surface area contributed by atoms with Crippen LogP contribution in [-0.2, 0) is 7.05 Å². The third-order valence-corrected chi connectivity index (χ3v) is 4.57. The number of anilines is 1. The molecular weight excluding hydrogens is 343 g/mol. The second-order valence-electron chi connectivity index (χ2n) is 5.34. The zero-order chi connectivity index (χ0) is 18.0. The Labute approximate surface area is 148 Å². The Morgan fingerprint density at radius 2 is 2.12 bits per heavy atom. The number of halogens is 1. The zero-order valence-electron chi connectivity index (χ0n) is 14.0. The van der Waals surface area contributed by atoms with Crippen LogP contribution in [0.5, 0.6) is 5.75 Å². The molecule has 0 saturated carbocycles. The predicted octanol–water partition coefficient (Wildman–Crippen LogP) is 3.86. The van der Waals surface area contributed by atoms with Gasteiger partial charge in [0.25, 0.3) is 0 Å². The maximum Gasteiger partial charge on any atom is 0.329 e. The van der Waals surface area contributed by atoms with E-state index in [1.165, 1.54) is 25.3 Å². The van der Waals surface area contributed by atoms with Gasteiger partial charge in [0.1, 0.15) is 17.4 Å². The number of aryl methyl sites for hydroxylation is 2. The highest BCUT2D eigenvalue weighted by Gasteiger charge is 2.12. The zero-order valence-corrected chi connectivity index (χ0v) is 14.8. The van der Waals surface area contributed by atoms with Crippen LogP contribution in [0.3, 0.4) is 0 Å². The number of imidazole rings is 1. The maximum atomic E-state index is 13.4. The molecule has 8 heteroatoms. The van der Waals surface area contributed by atoms with E-state index in [2.05, 4.69) is 15.0 Å². The highest BCUT2D eigenvalue weighted by molar-refractivity contribution is 7.98. The summed E-state index contributed by atoms with van der Waals surface area (Å²) in [6.45, 7) is 1.90. The van der Waals surface area contributed by atoms with Crippen molar-refractivity contribution < 1.29 is 13.9 Å². The van der Waals surface area contributed by atoms with Crippen LogP contribution in [0.1, 0.15) is 5.82 Å². The molecule has 0 saturated heterocycles. The van der Waals surface area contributed by atoms with Gasteiger partial charge in [-0.15, -0.1) is 0 Å². The number of amides is 2. The smallest absolute Gasteiger partial charge is 0.329 e. The van der Waals surface area contributed by atoms with Crippen molar-refractivity contribution in [2.75, 3.05) is 12.4 Å². The van der Waals surface area contributed by atoms with E-state index < -0.39 is 11.8 Å². The number of aromatic nitrogens is 2. The van der Waals surface area contributed by atoms with Crippen LogP contribution in [0.4, 0.5) is 14.9 Å². The summed E-state index contributed by atoms with van der Waals surface area (Å²) in [6, 6.07) is 9.20. The minimum Gasteiger partial charge on any atom is -0.496 e. The number of urea groups is 1. The first kappa shape index (κ1) is 17.1. The summed E-state index contributed by atoms with van der Waals surface area (Å²) < 4.78 is 23.1. The Kier molecular flexibility index (Phi) is 4.80. The molecule has 0 radical (unpaired) electrons. The van der Waals surface area contributed by atoms with Crippen molar-refractivity contribution in [2.45, 2.75) is 11.8 Å². The fourth-order valence-corrected chi connectivity index (χ4v) is 3.14. The molecule has 0 aliphatic carbocycles. The number of carbonyl (C=O) groups is 1. The van der Waals surface area contributed by atoms with E-state index >= 15 is 0 Å². The summed E-state index contributed by atoms with van der Waals surface area (Å²) in [5, 5.41) is 2.80.